The summed E-state index contributed by atoms with van der Waals surface area (Å²) in [7, 11) is 0. The molecule has 0 saturated heterocycles. The van der Waals surface area contributed by atoms with Crippen LogP contribution >= 0.6 is 0 Å². The van der Waals surface area contributed by atoms with Gasteiger partial charge in [0.25, 0.3) is 0 Å². The second-order valence-corrected chi connectivity index (χ2v) is 23.1. The van der Waals surface area contributed by atoms with Crippen LogP contribution in [0.3, 0.4) is 0 Å². The van der Waals surface area contributed by atoms with Crippen LogP contribution in [0.15, 0.2) is 60.8 Å². The molecule has 0 fully saturated rings. The Bertz CT molecular complexity index is 1390. The van der Waals surface area contributed by atoms with Crippen molar-refractivity contribution in [2.45, 2.75) is 367 Å². The summed E-state index contributed by atoms with van der Waals surface area (Å²) < 4.78 is 16.9. The molecular weight excluding hydrogens is 961 g/mol. The second-order valence-electron chi connectivity index (χ2n) is 23.1. The summed E-state index contributed by atoms with van der Waals surface area (Å²) in [4.78, 5) is 38.2. The second kappa shape index (κ2) is 66.6. The van der Waals surface area contributed by atoms with Gasteiger partial charge in [-0.05, 0) is 77.0 Å². The third kappa shape index (κ3) is 63.9. The fraction of sp³-hybridized carbons (Fsp3) is 0.819. The lowest BCUT2D eigenvalue weighted by atomic mass is 10.0. The van der Waals surface area contributed by atoms with Crippen LogP contribution in [0, 0.1) is 0 Å². The van der Waals surface area contributed by atoms with Gasteiger partial charge >= 0.3 is 17.9 Å². The highest BCUT2D eigenvalue weighted by Crippen LogP contribution is 2.18. The molecule has 0 aromatic heterocycles. The minimum atomic E-state index is -0.790. The molecule has 1 atom stereocenters. The number of unbranched alkanes of at least 4 members (excludes halogenated alkanes) is 42. The predicted molar refractivity (Wildman–Crippen MR) is 339 cm³/mol. The summed E-state index contributed by atoms with van der Waals surface area (Å²) >= 11 is 0. The van der Waals surface area contributed by atoms with E-state index in [-0.39, 0.29) is 31.1 Å². The Hall–Kier alpha value is -2.89. The van der Waals surface area contributed by atoms with Crippen LogP contribution in [-0.4, -0.2) is 37.2 Å². The van der Waals surface area contributed by atoms with Gasteiger partial charge in [-0.15, -0.1) is 0 Å². The van der Waals surface area contributed by atoms with Crippen molar-refractivity contribution < 1.29 is 28.6 Å². The van der Waals surface area contributed by atoms with Gasteiger partial charge in [0.05, 0.1) is 0 Å². The molecule has 6 nitrogen and oxygen atoms in total. The lowest BCUT2D eigenvalue weighted by Gasteiger charge is -2.18. The number of hydrogen-bond donors (Lipinski definition) is 0. The zero-order valence-corrected chi connectivity index (χ0v) is 52.2. The van der Waals surface area contributed by atoms with E-state index >= 15 is 0 Å². The van der Waals surface area contributed by atoms with Crippen LogP contribution in [0.4, 0.5) is 0 Å². The van der Waals surface area contributed by atoms with Gasteiger partial charge in [0.1, 0.15) is 13.2 Å². The first-order valence-electron chi connectivity index (χ1n) is 34.3. The van der Waals surface area contributed by atoms with Crippen molar-refractivity contribution in [3.8, 4) is 0 Å². The number of carbonyl (C=O) groups excluding carboxylic acids is 3. The molecule has 454 valence electrons. The summed E-state index contributed by atoms with van der Waals surface area (Å²) in [5.41, 5.74) is 0. The Morgan fingerprint density at radius 3 is 0.833 bits per heavy atom. The Morgan fingerprint density at radius 1 is 0.269 bits per heavy atom. The quantitative estimate of drug-likeness (QED) is 0.0261. The predicted octanol–water partition coefficient (Wildman–Crippen LogP) is 23.5. The van der Waals surface area contributed by atoms with Crippen LogP contribution in [0.1, 0.15) is 361 Å². The van der Waals surface area contributed by atoms with Crippen LogP contribution in [-0.2, 0) is 28.6 Å². The smallest absolute Gasteiger partial charge is 0.306 e. The molecule has 6 heteroatoms. The lowest BCUT2D eigenvalue weighted by Crippen LogP contribution is -2.30. The van der Waals surface area contributed by atoms with Gasteiger partial charge < -0.3 is 14.2 Å². The van der Waals surface area contributed by atoms with Crippen molar-refractivity contribution >= 4 is 17.9 Å². The van der Waals surface area contributed by atoms with Crippen molar-refractivity contribution in [1.29, 1.82) is 0 Å². The van der Waals surface area contributed by atoms with Crippen molar-refractivity contribution in [1.82, 2.24) is 0 Å². The zero-order chi connectivity index (χ0) is 56.4. The molecular formula is C72H130O6. The van der Waals surface area contributed by atoms with Gasteiger partial charge in [-0.25, -0.2) is 0 Å². The van der Waals surface area contributed by atoms with Crippen molar-refractivity contribution in [2.24, 2.45) is 0 Å². The Balaban J connectivity index is 4.10. The largest absolute Gasteiger partial charge is 0.462 e. The molecule has 78 heavy (non-hydrogen) atoms. The molecule has 0 radical (unpaired) electrons. The van der Waals surface area contributed by atoms with Crippen LogP contribution in [0.5, 0.6) is 0 Å². The lowest BCUT2D eigenvalue weighted by molar-refractivity contribution is -0.167. The van der Waals surface area contributed by atoms with E-state index in [1.807, 2.05) is 0 Å². The van der Waals surface area contributed by atoms with Crippen molar-refractivity contribution in [2.75, 3.05) is 13.2 Å². The van der Waals surface area contributed by atoms with E-state index < -0.39 is 6.10 Å². The standard InChI is InChI=1S/C72H130O6/c1-4-7-10-13-16-19-22-24-26-28-29-30-31-32-33-34-35-36-37-38-39-40-41-42-44-45-47-50-53-56-59-62-65-71(74)77-68-69(67-76-70(73)64-61-58-55-52-49-21-18-15-12-9-6-3)78-72(75)66-63-60-57-54-51-48-46-43-27-25-23-20-17-14-11-8-5-2/h8,11,15,17-18,20,25,27,46,48,69H,4-7,9-10,12-14,16,19,21-24,26,28-45,47,49-68H2,1-3H3/b11-8-,18-15-,20-17-,27-25-,48-46-. The molecule has 0 aliphatic carbocycles. The molecule has 0 bridgehead atoms. The molecule has 0 saturated carbocycles. The summed E-state index contributed by atoms with van der Waals surface area (Å²) in [6.07, 6.45) is 85.6. The maximum absolute atomic E-state index is 12.9. The molecule has 1 unspecified atom stereocenters. The van der Waals surface area contributed by atoms with E-state index in [1.165, 1.54) is 218 Å². The molecule has 0 amide bonds. The number of ether oxygens (including phenoxy) is 3. The van der Waals surface area contributed by atoms with E-state index in [0.29, 0.717) is 19.3 Å². The van der Waals surface area contributed by atoms with Crippen LogP contribution < -0.4 is 0 Å². The maximum Gasteiger partial charge on any atom is 0.306 e. The Labute approximate surface area is 485 Å². The van der Waals surface area contributed by atoms with Gasteiger partial charge in [0.2, 0.25) is 0 Å². The average Bonchev–Trinajstić information content (AvgIpc) is 3.44. The summed E-state index contributed by atoms with van der Waals surface area (Å²) in [6.45, 7) is 6.51. The number of carbonyl (C=O) groups is 3. The van der Waals surface area contributed by atoms with Crippen LogP contribution in [0.2, 0.25) is 0 Å². The van der Waals surface area contributed by atoms with E-state index in [2.05, 4.69) is 81.5 Å². The first kappa shape index (κ1) is 75.1. The van der Waals surface area contributed by atoms with E-state index in [1.54, 1.807) is 0 Å². The highest BCUT2D eigenvalue weighted by Gasteiger charge is 2.19. The fourth-order valence-corrected chi connectivity index (χ4v) is 10.1. The maximum atomic E-state index is 12.9. The van der Waals surface area contributed by atoms with E-state index in [9.17, 15) is 14.4 Å². The number of esters is 3. The monoisotopic (exact) mass is 1090 g/mol. The molecule has 0 aromatic carbocycles. The number of rotatable bonds is 63. The number of allylic oxidation sites excluding steroid dienone is 10. The number of hydrogen-bond acceptors (Lipinski definition) is 6. The summed E-state index contributed by atoms with van der Waals surface area (Å²) in [5.74, 6) is -0.902. The average molecular weight is 1090 g/mol. The highest BCUT2D eigenvalue weighted by atomic mass is 16.6. The minimum absolute atomic E-state index is 0.0841. The first-order valence-corrected chi connectivity index (χ1v) is 34.3. The topological polar surface area (TPSA) is 78.9 Å². The third-order valence-electron chi connectivity index (χ3n) is 15.3. The van der Waals surface area contributed by atoms with Gasteiger partial charge in [-0.1, -0.05) is 326 Å². The SMILES string of the molecule is CC/C=C\C/C=C\C/C=C\C/C=C\CCCCCCC(=O)OC(COC(=O)CCCCCCC/C=C\CCCC)COC(=O)CCCCCCCCCCCCCCCCCCCCCCCCCCCCCCCCCC. The van der Waals surface area contributed by atoms with Gasteiger partial charge in [0, 0.05) is 19.3 Å². The molecule has 0 N–H and O–H groups in total. The molecule has 0 aromatic rings. The molecule has 0 heterocycles. The van der Waals surface area contributed by atoms with Gasteiger partial charge in [-0.2, -0.15) is 0 Å². The minimum Gasteiger partial charge on any atom is -0.462 e. The molecule has 0 aliphatic rings. The fourth-order valence-electron chi connectivity index (χ4n) is 10.1. The third-order valence-corrected chi connectivity index (χ3v) is 15.3. The Kier molecular flexibility index (Phi) is 64.2. The normalized spacial score (nSPS) is 12.4. The zero-order valence-electron chi connectivity index (χ0n) is 52.2. The van der Waals surface area contributed by atoms with Gasteiger partial charge in [0.15, 0.2) is 6.10 Å². The molecule has 0 spiro atoms. The van der Waals surface area contributed by atoms with Crippen molar-refractivity contribution in [3.05, 3.63) is 60.8 Å². The molecule has 0 aliphatic heterocycles. The first-order chi connectivity index (χ1) is 38.5. The molecule has 0 rings (SSSR count). The summed E-state index contributed by atoms with van der Waals surface area (Å²) in [6, 6.07) is 0. The van der Waals surface area contributed by atoms with Crippen LogP contribution in [0.25, 0.3) is 0 Å². The van der Waals surface area contributed by atoms with E-state index in [0.717, 1.165) is 103 Å². The summed E-state index contributed by atoms with van der Waals surface area (Å²) in [5, 5.41) is 0. The highest BCUT2D eigenvalue weighted by molar-refractivity contribution is 5.71. The van der Waals surface area contributed by atoms with Crippen molar-refractivity contribution in [3.63, 3.8) is 0 Å². The van der Waals surface area contributed by atoms with E-state index in [4.69, 9.17) is 14.2 Å². The Morgan fingerprint density at radius 2 is 0.513 bits per heavy atom. The van der Waals surface area contributed by atoms with Gasteiger partial charge in [-0.3, -0.25) is 14.4 Å².